The maximum Gasteiger partial charge on any atom is 0.171 e. The van der Waals surface area contributed by atoms with Crippen LogP contribution in [-0.2, 0) is 6.42 Å². The number of fused-ring (bicyclic) bond motifs is 1. The molecular formula is C12H8BrClN2O. The molecule has 3 nitrogen and oxygen atoms in total. The van der Waals surface area contributed by atoms with Crippen molar-refractivity contribution in [3.63, 3.8) is 0 Å². The van der Waals surface area contributed by atoms with E-state index in [1.165, 1.54) is 5.56 Å². The largest absolute Gasteiger partial charge is 0.482 e. The van der Waals surface area contributed by atoms with Crippen molar-refractivity contribution in [1.82, 2.24) is 9.97 Å². The van der Waals surface area contributed by atoms with Crippen molar-refractivity contribution >= 4 is 27.5 Å². The summed E-state index contributed by atoms with van der Waals surface area (Å²) in [6, 6.07) is 7.96. The lowest BCUT2D eigenvalue weighted by Crippen LogP contribution is -2.08. The fourth-order valence-corrected chi connectivity index (χ4v) is 2.17. The Morgan fingerprint density at radius 3 is 2.94 bits per heavy atom. The van der Waals surface area contributed by atoms with Gasteiger partial charge in [0.15, 0.2) is 11.9 Å². The Kier molecular flexibility index (Phi) is 2.76. The van der Waals surface area contributed by atoms with E-state index < -0.39 is 0 Å². The van der Waals surface area contributed by atoms with Crippen molar-refractivity contribution < 1.29 is 4.74 Å². The Morgan fingerprint density at radius 2 is 2.18 bits per heavy atom. The summed E-state index contributed by atoms with van der Waals surface area (Å²) in [5.74, 6) is 1.52. The van der Waals surface area contributed by atoms with Crippen LogP contribution in [0.25, 0.3) is 0 Å². The zero-order valence-corrected chi connectivity index (χ0v) is 11.1. The molecule has 5 heteroatoms. The maximum absolute atomic E-state index is 5.95. The summed E-state index contributed by atoms with van der Waals surface area (Å²) in [6.45, 7) is 0. The Balaban J connectivity index is 1.91. The highest BCUT2D eigenvalue weighted by Gasteiger charge is 2.26. The third-order valence-electron chi connectivity index (χ3n) is 2.66. The highest BCUT2D eigenvalue weighted by molar-refractivity contribution is 9.10. The van der Waals surface area contributed by atoms with Crippen LogP contribution in [0, 0.1) is 0 Å². The highest BCUT2D eigenvalue weighted by Crippen LogP contribution is 2.35. The molecule has 0 aliphatic carbocycles. The molecule has 1 aromatic heterocycles. The lowest BCUT2D eigenvalue weighted by Gasteiger charge is -2.09. The fraction of sp³-hybridized carbons (Fsp3) is 0.167. The van der Waals surface area contributed by atoms with Crippen molar-refractivity contribution in [2.24, 2.45) is 0 Å². The summed E-state index contributed by atoms with van der Waals surface area (Å²) in [5, 5.41) is 0.412. The molecule has 0 N–H and O–H groups in total. The predicted molar refractivity (Wildman–Crippen MR) is 68.3 cm³/mol. The second kappa shape index (κ2) is 4.27. The monoisotopic (exact) mass is 310 g/mol. The van der Waals surface area contributed by atoms with E-state index in [1.807, 2.05) is 18.2 Å². The Bertz CT molecular complexity index is 551. The second-order valence-electron chi connectivity index (χ2n) is 3.79. The van der Waals surface area contributed by atoms with E-state index in [1.54, 1.807) is 6.20 Å². The van der Waals surface area contributed by atoms with Gasteiger partial charge in [-0.15, -0.1) is 0 Å². The summed E-state index contributed by atoms with van der Waals surface area (Å²) in [6.07, 6.45) is 2.29. The summed E-state index contributed by atoms with van der Waals surface area (Å²) < 4.78 is 6.48. The van der Waals surface area contributed by atoms with Gasteiger partial charge in [-0.3, -0.25) is 0 Å². The minimum absolute atomic E-state index is 0.141. The molecule has 2 heterocycles. The van der Waals surface area contributed by atoms with E-state index >= 15 is 0 Å². The van der Waals surface area contributed by atoms with Crippen molar-refractivity contribution in [2.45, 2.75) is 12.5 Å². The van der Waals surface area contributed by atoms with E-state index in [9.17, 15) is 0 Å². The van der Waals surface area contributed by atoms with Gasteiger partial charge >= 0.3 is 0 Å². The van der Waals surface area contributed by atoms with Crippen LogP contribution < -0.4 is 4.74 Å². The molecule has 1 aromatic carbocycles. The number of hydrogen-bond acceptors (Lipinski definition) is 3. The summed E-state index contributed by atoms with van der Waals surface area (Å²) in [5.41, 5.74) is 1.18. The van der Waals surface area contributed by atoms with Gasteiger partial charge in [-0.05, 0) is 27.6 Å². The number of rotatable bonds is 1. The SMILES string of the molecule is Clc1nc(C2Cc3ccccc3O2)ncc1Br. The van der Waals surface area contributed by atoms with Crippen LogP contribution in [0.4, 0.5) is 0 Å². The van der Waals surface area contributed by atoms with Gasteiger partial charge in [0, 0.05) is 12.6 Å². The molecular weight excluding hydrogens is 304 g/mol. The van der Waals surface area contributed by atoms with Gasteiger partial charge < -0.3 is 4.74 Å². The van der Waals surface area contributed by atoms with Gasteiger partial charge in [0.1, 0.15) is 10.9 Å². The minimum Gasteiger partial charge on any atom is -0.482 e. The topological polar surface area (TPSA) is 35.0 Å². The first-order valence-electron chi connectivity index (χ1n) is 5.16. The third-order valence-corrected chi connectivity index (χ3v) is 3.75. The average molecular weight is 312 g/mol. The molecule has 86 valence electrons. The predicted octanol–water partition coefficient (Wildman–Crippen LogP) is 3.57. The third kappa shape index (κ3) is 2.03. The summed E-state index contributed by atoms with van der Waals surface area (Å²) >= 11 is 9.22. The highest BCUT2D eigenvalue weighted by atomic mass is 79.9. The van der Waals surface area contributed by atoms with Crippen LogP contribution in [-0.4, -0.2) is 9.97 Å². The second-order valence-corrected chi connectivity index (χ2v) is 5.00. The van der Waals surface area contributed by atoms with Crippen LogP contribution in [0.3, 0.4) is 0 Å². The van der Waals surface area contributed by atoms with Gasteiger partial charge in [0.05, 0.1) is 4.47 Å². The molecule has 0 radical (unpaired) electrons. The summed E-state index contributed by atoms with van der Waals surface area (Å²) in [4.78, 5) is 8.46. The fourth-order valence-electron chi connectivity index (χ4n) is 1.84. The van der Waals surface area contributed by atoms with Crippen LogP contribution in [0.1, 0.15) is 17.5 Å². The molecule has 0 amide bonds. The zero-order valence-electron chi connectivity index (χ0n) is 8.73. The molecule has 0 saturated carbocycles. The molecule has 1 unspecified atom stereocenters. The molecule has 17 heavy (non-hydrogen) atoms. The molecule has 0 fully saturated rings. The van der Waals surface area contributed by atoms with E-state index in [2.05, 4.69) is 32.0 Å². The van der Waals surface area contributed by atoms with Gasteiger partial charge in [-0.2, -0.15) is 0 Å². The van der Waals surface area contributed by atoms with Crippen molar-refractivity contribution in [1.29, 1.82) is 0 Å². The number of para-hydroxylation sites is 1. The lowest BCUT2D eigenvalue weighted by atomic mass is 10.1. The normalized spacial score (nSPS) is 17.6. The average Bonchev–Trinajstić information content (AvgIpc) is 2.76. The molecule has 0 bridgehead atoms. The van der Waals surface area contributed by atoms with Gasteiger partial charge in [-0.25, -0.2) is 9.97 Å². The first kappa shape index (κ1) is 11.0. The molecule has 1 atom stereocenters. The minimum atomic E-state index is -0.141. The molecule has 2 aromatic rings. The van der Waals surface area contributed by atoms with Gasteiger partial charge in [0.25, 0.3) is 0 Å². The number of ether oxygens (including phenoxy) is 1. The maximum atomic E-state index is 5.95. The van der Waals surface area contributed by atoms with E-state index in [4.69, 9.17) is 16.3 Å². The Labute approximate surface area is 112 Å². The van der Waals surface area contributed by atoms with Crippen LogP contribution in [0.15, 0.2) is 34.9 Å². The van der Waals surface area contributed by atoms with E-state index in [0.717, 1.165) is 12.2 Å². The number of benzene rings is 1. The Hall–Kier alpha value is -1.13. The smallest absolute Gasteiger partial charge is 0.171 e. The van der Waals surface area contributed by atoms with E-state index in [-0.39, 0.29) is 6.10 Å². The number of nitrogens with zero attached hydrogens (tertiary/aromatic N) is 2. The van der Waals surface area contributed by atoms with Gasteiger partial charge in [0.2, 0.25) is 0 Å². The zero-order chi connectivity index (χ0) is 11.8. The quantitative estimate of drug-likeness (QED) is 0.755. The van der Waals surface area contributed by atoms with Crippen molar-refractivity contribution in [3.05, 3.63) is 51.5 Å². The Morgan fingerprint density at radius 1 is 1.35 bits per heavy atom. The first-order chi connectivity index (χ1) is 8.24. The molecule has 0 spiro atoms. The van der Waals surface area contributed by atoms with Gasteiger partial charge in [-0.1, -0.05) is 29.8 Å². The van der Waals surface area contributed by atoms with Crippen LogP contribution in [0.5, 0.6) is 5.75 Å². The van der Waals surface area contributed by atoms with Crippen LogP contribution >= 0.6 is 27.5 Å². The first-order valence-corrected chi connectivity index (χ1v) is 6.33. The molecule has 0 saturated heterocycles. The lowest BCUT2D eigenvalue weighted by molar-refractivity contribution is 0.227. The molecule has 1 aliphatic rings. The number of aromatic nitrogens is 2. The van der Waals surface area contributed by atoms with Crippen molar-refractivity contribution in [2.75, 3.05) is 0 Å². The van der Waals surface area contributed by atoms with E-state index in [0.29, 0.717) is 15.5 Å². The standard InChI is InChI=1S/C12H8BrClN2O/c13-8-6-15-12(16-11(8)14)10-5-7-3-1-2-4-9(7)17-10/h1-4,6,10H,5H2. The number of halogens is 2. The van der Waals surface area contributed by atoms with Crippen LogP contribution in [0.2, 0.25) is 5.15 Å². The summed E-state index contributed by atoms with van der Waals surface area (Å²) in [7, 11) is 0. The molecule has 3 rings (SSSR count). The molecule has 1 aliphatic heterocycles. The van der Waals surface area contributed by atoms with Crippen molar-refractivity contribution in [3.8, 4) is 5.75 Å². The number of hydrogen-bond donors (Lipinski definition) is 0.